The van der Waals surface area contributed by atoms with Crippen molar-refractivity contribution in [3.63, 3.8) is 0 Å². The summed E-state index contributed by atoms with van der Waals surface area (Å²) in [6.45, 7) is 0. The molecule has 2 aromatic carbocycles. The van der Waals surface area contributed by atoms with Crippen LogP contribution in [0.15, 0.2) is 59.7 Å². The summed E-state index contributed by atoms with van der Waals surface area (Å²) in [7, 11) is 0. The topological polar surface area (TPSA) is 108 Å². The molecule has 0 aromatic heterocycles. The number of nitro groups is 1. The molecule has 116 valence electrons. The van der Waals surface area contributed by atoms with Crippen molar-refractivity contribution in [2.45, 2.75) is 0 Å². The predicted octanol–water partition coefficient (Wildman–Crippen LogP) is 2.07. The van der Waals surface area contributed by atoms with Gasteiger partial charge in [0.2, 0.25) is 0 Å². The lowest BCUT2D eigenvalue weighted by Crippen LogP contribution is -2.21. The molecule has 1 N–H and O–H groups in total. The standard InChI is InChI=1S/C16H13N3O4/c20-16(21)13-7-9-14(10-8-13)18-17-11-3-5-12-4-1-2-6-15(12)19(22)23/h1-11,18H,(H,20,21)/p-1/b5-3+,17-11-. The average molecular weight is 310 g/mol. The van der Waals surface area contributed by atoms with Crippen LogP contribution in [0, 0.1) is 10.1 Å². The van der Waals surface area contributed by atoms with Gasteiger partial charge in [0.15, 0.2) is 0 Å². The third kappa shape index (κ3) is 4.50. The minimum atomic E-state index is -1.24. The molecular formula is C16H12N3O4-. The van der Waals surface area contributed by atoms with Crippen molar-refractivity contribution in [2.75, 3.05) is 5.43 Å². The summed E-state index contributed by atoms with van der Waals surface area (Å²) < 4.78 is 0. The van der Waals surface area contributed by atoms with Crippen molar-refractivity contribution in [1.82, 2.24) is 0 Å². The number of carbonyl (C=O) groups excluding carboxylic acids is 1. The molecule has 0 unspecified atom stereocenters. The number of nitrogens with one attached hydrogen (secondary N) is 1. The summed E-state index contributed by atoms with van der Waals surface area (Å²) in [6.07, 6.45) is 4.57. The maximum atomic E-state index is 10.9. The first kappa shape index (κ1) is 15.9. The number of carboxylic acids is 1. The van der Waals surface area contributed by atoms with E-state index in [-0.39, 0.29) is 11.3 Å². The van der Waals surface area contributed by atoms with E-state index in [9.17, 15) is 20.0 Å². The number of hydrazone groups is 1. The summed E-state index contributed by atoms with van der Waals surface area (Å²) in [5.74, 6) is -1.24. The van der Waals surface area contributed by atoms with Gasteiger partial charge in [0, 0.05) is 12.3 Å². The largest absolute Gasteiger partial charge is 0.545 e. The highest BCUT2D eigenvalue weighted by molar-refractivity contribution is 5.86. The van der Waals surface area contributed by atoms with E-state index in [0.717, 1.165) is 0 Å². The van der Waals surface area contributed by atoms with Crippen molar-refractivity contribution in [1.29, 1.82) is 0 Å². The summed E-state index contributed by atoms with van der Waals surface area (Å²) in [5.41, 5.74) is 3.88. The summed E-state index contributed by atoms with van der Waals surface area (Å²) in [4.78, 5) is 21.0. The van der Waals surface area contributed by atoms with E-state index in [1.54, 1.807) is 42.5 Å². The number of hydrogen-bond donors (Lipinski definition) is 1. The van der Waals surface area contributed by atoms with Crippen LogP contribution in [0.1, 0.15) is 15.9 Å². The van der Waals surface area contributed by atoms with Crippen LogP contribution in [-0.2, 0) is 0 Å². The number of nitrogens with zero attached hydrogens (tertiary/aromatic N) is 2. The molecule has 0 spiro atoms. The van der Waals surface area contributed by atoms with Gasteiger partial charge in [-0.25, -0.2) is 0 Å². The summed E-state index contributed by atoms with van der Waals surface area (Å²) in [5, 5.41) is 25.4. The first-order valence-electron chi connectivity index (χ1n) is 6.58. The first-order valence-corrected chi connectivity index (χ1v) is 6.58. The smallest absolute Gasteiger partial charge is 0.276 e. The summed E-state index contributed by atoms with van der Waals surface area (Å²) in [6, 6.07) is 12.3. The Kier molecular flexibility index (Phi) is 5.19. The molecule has 0 bridgehead atoms. The Morgan fingerprint density at radius 2 is 1.83 bits per heavy atom. The predicted molar refractivity (Wildman–Crippen MR) is 85.0 cm³/mol. The van der Waals surface area contributed by atoms with Gasteiger partial charge in [-0.3, -0.25) is 15.5 Å². The van der Waals surface area contributed by atoms with Crippen molar-refractivity contribution in [2.24, 2.45) is 5.10 Å². The maximum Gasteiger partial charge on any atom is 0.276 e. The van der Waals surface area contributed by atoms with Gasteiger partial charge in [0.1, 0.15) is 0 Å². The Bertz CT molecular complexity index is 767. The Balaban J connectivity index is 1.97. The normalized spacial score (nSPS) is 11.0. The zero-order chi connectivity index (χ0) is 16.7. The fraction of sp³-hybridized carbons (Fsp3) is 0. The minimum Gasteiger partial charge on any atom is -0.545 e. The lowest BCUT2D eigenvalue weighted by molar-refractivity contribution is -0.385. The van der Waals surface area contributed by atoms with Gasteiger partial charge >= 0.3 is 0 Å². The number of anilines is 1. The van der Waals surface area contributed by atoms with E-state index >= 15 is 0 Å². The van der Waals surface area contributed by atoms with Crippen molar-refractivity contribution in [3.05, 3.63) is 75.8 Å². The highest BCUT2D eigenvalue weighted by Crippen LogP contribution is 2.18. The first-order chi connectivity index (χ1) is 11.1. The zero-order valence-electron chi connectivity index (χ0n) is 11.9. The fourth-order valence-corrected chi connectivity index (χ4v) is 1.78. The van der Waals surface area contributed by atoms with E-state index in [1.807, 2.05) is 0 Å². The number of benzene rings is 2. The quantitative estimate of drug-likeness (QED) is 0.499. The number of rotatable bonds is 6. The van der Waals surface area contributed by atoms with Crippen LogP contribution in [0.3, 0.4) is 0 Å². The Labute approximate surface area is 131 Å². The van der Waals surface area contributed by atoms with Gasteiger partial charge < -0.3 is 9.90 Å². The van der Waals surface area contributed by atoms with E-state index in [0.29, 0.717) is 11.3 Å². The summed E-state index contributed by atoms with van der Waals surface area (Å²) >= 11 is 0. The van der Waals surface area contributed by atoms with Gasteiger partial charge in [-0.2, -0.15) is 5.10 Å². The molecule has 0 saturated heterocycles. The van der Waals surface area contributed by atoms with Crippen molar-refractivity contribution >= 4 is 29.6 Å². The van der Waals surface area contributed by atoms with Gasteiger partial charge in [0.25, 0.3) is 5.69 Å². The third-order valence-corrected chi connectivity index (χ3v) is 2.88. The highest BCUT2D eigenvalue weighted by atomic mass is 16.6. The molecule has 0 radical (unpaired) electrons. The van der Waals surface area contributed by atoms with Crippen LogP contribution >= 0.6 is 0 Å². The van der Waals surface area contributed by atoms with Crippen molar-refractivity contribution in [3.8, 4) is 0 Å². The maximum absolute atomic E-state index is 10.9. The van der Waals surface area contributed by atoms with Gasteiger partial charge in [-0.1, -0.05) is 24.3 Å². The van der Waals surface area contributed by atoms with E-state index < -0.39 is 10.9 Å². The lowest BCUT2D eigenvalue weighted by atomic mass is 10.2. The van der Waals surface area contributed by atoms with Crippen LogP contribution in [0.5, 0.6) is 0 Å². The molecule has 0 saturated carbocycles. The van der Waals surface area contributed by atoms with Gasteiger partial charge in [0.05, 0.1) is 22.1 Å². The molecule has 7 nitrogen and oxygen atoms in total. The molecule has 0 atom stereocenters. The monoisotopic (exact) mass is 310 g/mol. The molecule has 23 heavy (non-hydrogen) atoms. The number of hydrogen-bond acceptors (Lipinski definition) is 6. The minimum absolute atomic E-state index is 0.0166. The van der Waals surface area contributed by atoms with E-state index in [2.05, 4.69) is 10.5 Å². The molecule has 0 aliphatic rings. The number of para-hydroxylation sites is 1. The van der Waals surface area contributed by atoms with Gasteiger partial charge in [-0.15, -0.1) is 0 Å². The second-order valence-corrected chi connectivity index (χ2v) is 4.43. The van der Waals surface area contributed by atoms with Crippen LogP contribution in [0.25, 0.3) is 6.08 Å². The molecule has 7 heteroatoms. The third-order valence-electron chi connectivity index (χ3n) is 2.88. The number of carboxylic acid groups (broad SMARTS) is 1. The van der Waals surface area contributed by atoms with Crippen LogP contribution in [-0.4, -0.2) is 17.1 Å². The van der Waals surface area contributed by atoms with E-state index in [4.69, 9.17) is 0 Å². The van der Waals surface area contributed by atoms with Crippen LogP contribution in [0.2, 0.25) is 0 Å². The number of aromatic carboxylic acids is 1. The lowest BCUT2D eigenvalue weighted by Gasteiger charge is -2.03. The molecular weight excluding hydrogens is 298 g/mol. The zero-order valence-corrected chi connectivity index (χ0v) is 11.9. The molecule has 0 fully saturated rings. The molecule has 0 heterocycles. The molecule has 0 aliphatic carbocycles. The SMILES string of the molecule is O=C([O-])c1ccc(N/N=C\C=C\c2ccccc2[N+](=O)[O-])cc1. The van der Waals surface area contributed by atoms with Crippen LogP contribution < -0.4 is 10.5 Å². The Hall–Kier alpha value is -3.48. The number of carbonyl (C=O) groups is 1. The second kappa shape index (κ2) is 7.51. The fourth-order valence-electron chi connectivity index (χ4n) is 1.78. The molecule has 0 amide bonds. The second-order valence-electron chi connectivity index (χ2n) is 4.43. The van der Waals surface area contributed by atoms with Gasteiger partial charge in [-0.05, 0) is 35.9 Å². The average Bonchev–Trinajstić information content (AvgIpc) is 2.55. The molecule has 2 aromatic rings. The van der Waals surface area contributed by atoms with Crippen molar-refractivity contribution < 1.29 is 14.8 Å². The number of allylic oxidation sites excluding steroid dienone is 1. The van der Waals surface area contributed by atoms with Crippen LogP contribution in [0.4, 0.5) is 11.4 Å². The highest BCUT2D eigenvalue weighted by Gasteiger charge is 2.08. The van der Waals surface area contributed by atoms with E-state index in [1.165, 1.54) is 24.4 Å². The Morgan fingerprint density at radius 3 is 2.48 bits per heavy atom. The molecule has 2 rings (SSSR count). The Morgan fingerprint density at radius 1 is 1.13 bits per heavy atom. The molecule has 0 aliphatic heterocycles. The number of nitro benzene ring substituents is 1.